The van der Waals surface area contributed by atoms with Gasteiger partial charge in [-0.15, -0.1) is 0 Å². The number of nitrogens with zero attached hydrogens (tertiary/aromatic N) is 6. The van der Waals surface area contributed by atoms with Crippen molar-refractivity contribution in [3.8, 4) is 5.75 Å². The maximum atomic E-state index is 13.1. The lowest BCUT2D eigenvalue weighted by molar-refractivity contribution is 0.0997. The van der Waals surface area contributed by atoms with Crippen LogP contribution in [-0.4, -0.2) is 81.3 Å². The van der Waals surface area contributed by atoms with Gasteiger partial charge in [0, 0.05) is 39.3 Å². The van der Waals surface area contributed by atoms with Gasteiger partial charge in [-0.1, -0.05) is 0 Å². The molecule has 0 atom stereocenters. The van der Waals surface area contributed by atoms with Gasteiger partial charge in [-0.05, 0) is 38.5 Å². The number of aliphatic imine (C=N–C) groups is 1. The molecule has 2 heterocycles. The number of aryl methyl sites for hydroxylation is 3. The number of carbonyl (C=O) groups is 3. The summed E-state index contributed by atoms with van der Waals surface area (Å²) in [7, 11) is 4.97. The third-order valence-corrected chi connectivity index (χ3v) is 5.17. The van der Waals surface area contributed by atoms with Crippen LogP contribution >= 0.6 is 0 Å². The molecule has 0 saturated heterocycles. The average molecular weight is 499 g/mol. The van der Waals surface area contributed by atoms with E-state index in [1.165, 1.54) is 13.4 Å². The average Bonchev–Trinajstić information content (AvgIpc) is 3.38. The SMILES string of the molecule is CCn1nc(C)cc1C(=O)Nc1nc2cc(C(=O)N=CN(C)C)cc(OC)c2n1CCCNC(=O)O. The summed E-state index contributed by atoms with van der Waals surface area (Å²) in [5, 5.41) is 18.3. The fraction of sp³-hybridized carbons (Fsp3) is 0.391. The van der Waals surface area contributed by atoms with E-state index in [1.807, 2.05) is 6.92 Å². The second-order valence-electron chi connectivity index (χ2n) is 8.17. The van der Waals surface area contributed by atoms with Gasteiger partial charge in [0.2, 0.25) is 5.95 Å². The Morgan fingerprint density at radius 1 is 1.25 bits per heavy atom. The van der Waals surface area contributed by atoms with Crippen LogP contribution in [0.15, 0.2) is 23.2 Å². The number of fused-ring (bicyclic) bond motifs is 1. The van der Waals surface area contributed by atoms with Gasteiger partial charge in [-0.3, -0.25) is 19.6 Å². The number of nitrogens with one attached hydrogen (secondary N) is 2. The summed E-state index contributed by atoms with van der Waals surface area (Å²) in [5.41, 5.74) is 2.32. The van der Waals surface area contributed by atoms with Crippen LogP contribution in [0.5, 0.6) is 5.75 Å². The first-order valence-corrected chi connectivity index (χ1v) is 11.3. The number of anilines is 1. The lowest BCUT2D eigenvalue weighted by Gasteiger charge is -2.12. The number of aromatic nitrogens is 4. The first-order chi connectivity index (χ1) is 17.1. The van der Waals surface area contributed by atoms with E-state index < -0.39 is 17.9 Å². The number of hydrogen-bond donors (Lipinski definition) is 3. The van der Waals surface area contributed by atoms with Crippen LogP contribution in [-0.2, 0) is 13.1 Å². The number of methoxy groups -OCH3 is 1. The molecule has 3 N–H and O–H groups in total. The fourth-order valence-corrected chi connectivity index (χ4v) is 3.63. The summed E-state index contributed by atoms with van der Waals surface area (Å²) < 4.78 is 8.88. The second kappa shape index (κ2) is 11.3. The largest absolute Gasteiger partial charge is 0.494 e. The fourth-order valence-electron chi connectivity index (χ4n) is 3.63. The normalized spacial score (nSPS) is 11.1. The maximum Gasteiger partial charge on any atom is 0.404 e. The topological polar surface area (TPSA) is 156 Å². The van der Waals surface area contributed by atoms with Gasteiger partial charge in [-0.2, -0.15) is 10.1 Å². The summed E-state index contributed by atoms with van der Waals surface area (Å²) in [6, 6.07) is 4.82. The monoisotopic (exact) mass is 498 g/mol. The molecule has 0 unspecified atom stereocenters. The minimum absolute atomic E-state index is 0.197. The van der Waals surface area contributed by atoms with Gasteiger partial charge >= 0.3 is 6.09 Å². The molecule has 3 aromatic rings. The van der Waals surface area contributed by atoms with E-state index >= 15 is 0 Å². The number of carboxylic acid groups (broad SMARTS) is 1. The summed E-state index contributed by atoms with van der Waals surface area (Å²) in [4.78, 5) is 46.7. The Kier molecular flexibility index (Phi) is 8.25. The van der Waals surface area contributed by atoms with E-state index in [2.05, 4.69) is 25.7 Å². The third-order valence-electron chi connectivity index (χ3n) is 5.17. The Morgan fingerprint density at radius 2 is 2.00 bits per heavy atom. The minimum Gasteiger partial charge on any atom is -0.494 e. The molecule has 0 radical (unpaired) electrons. The number of imidazole rings is 1. The Morgan fingerprint density at radius 3 is 2.64 bits per heavy atom. The zero-order valence-electron chi connectivity index (χ0n) is 20.9. The zero-order chi connectivity index (χ0) is 26.4. The van der Waals surface area contributed by atoms with E-state index in [9.17, 15) is 14.4 Å². The maximum absolute atomic E-state index is 13.1. The Bertz CT molecular complexity index is 1310. The highest BCUT2D eigenvalue weighted by molar-refractivity contribution is 6.05. The van der Waals surface area contributed by atoms with Crippen molar-refractivity contribution in [2.45, 2.75) is 33.4 Å². The number of carbonyl (C=O) groups excluding carboxylic acids is 2. The minimum atomic E-state index is -1.12. The number of benzene rings is 1. The van der Waals surface area contributed by atoms with Gasteiger partial charge in [-0.25, -0.2) is 9.78 Å². The number of amides is 3. The van der Waals surface area contributed by atoms with Crippen LogP contribution in [0.2, 0.25) is 0 Å². The molecule has 13 nitrogen and oxygen atoms in total. The molecule has 0 aliphatic rings. The Balaban J connectivity index is 2.05. The Labute approximate surface area is 207 Å². The molecule has 36 heavy (non-hydrogen) atoms. The predicted molar refractivity (Wildman–Crippen MR) is 134 cm³/mol. The summed E-state index contributed by atoms with van der Waals surface area (Å²) in [6.45, 7) is 4.72. The number of ether oxygens (including phenoxy) is 1. The van der Waals surface area contributed by atoms with E-state index in [1.54, 1.807) is 53.4 Å². The Hall–Kier alpha value is -4.42. The molecule has 0 saturated carbocycles. The first-order valence-electron chi connectivity index (χ1n) is 11.3. The van der Waals surface area contributed by atoms with Crippen molar-refractivity contribution in [2.75, 3.05) is 33.1 Å². The summed E-state index contributed by atoms with van der Waals surface area (Å²) in [5.74, 6) is -0.281. The third kappa shape index (κ3) is 5.98. The second-order valence-corrected chi connectivity index (χ2v) is 8.17. The molecule has 3 amide bonds. The van der Waals surface area contributed by atoms with Crippen molar-refractivity contribution in [1.29, 1.82) is 0 Å². The van der Waals surface area contributed by atoms with E-state index in [4.69, 9.17) is 9.84 Å². The molecular weight excluding hydrogens is 468 g/mol. The lowest BCUT2D eigenvalue weighted by Crippen LogP contribution is -2.23. The van der Waals surface area contributed by atoms with Crippen LogP contribution in [0.25, 0.3) is 11.0 Å². The molecule has 3 rings (SSSR count). The zero-order valence-corrected chi connectivity index (χ0v) is 20.9. The van der Waals surface area contributed by atoms with E-state index in [-0.39, 0.29) is 18.1 Å². The first kappa shape index (κ1) is 26.2. The number of hydrogen-bond acceptors (Lipinski definition) is 6. The van der Waals surface area contributed by atoms with Gasteiger partial charge in [0.05, 0.1) is 24.7 Å². The predicted octanol–water partition coefficient (Wildman–Crippen LogP) is 2.21. The van der Waals surface area contributed by atoms with E-state index in [0.29, 0.717) is 47.7 Å². The molecule has 2 aromatic heterocycles. The standard InChI is InChI=1S/C23H30N8O5/c1-6-31-17(10-14(2)28-31)21(33)27-22-26-16-11-15(20(32)25-13-29(3)4)12-18(36-5)19(16)30(22)9-7-8-24-23(34)35/h10-13,24H,6-9H2,1-5H3,(H,34,35)(H,26,27,33). The molecular formula is C23H30N8O5. The van der Waals surface area contributed by atoms with E-state index in [0.717, 1.165) is 0 Å². The highest BCUT2D eigenvalue weighted by Crippen LogP contribution is 2.31. The quantitative estimate of drug-likeness (QED) is 0.218. The smallest absolute Gasteiger partial charge is 0.404 e. The van der Waals surface area contributed by atoms with Crippen molar-refractivity contribution in [2.24, 2.45) is 4.99 Å². The van der Waals surface area contributed by atoms with Crippen LogP contribution in [0.1, 0.15) is 39.9 Å². The molecule has 0 aliphatic heterocycles. The van der Waals surface area contributed by atoms with Crippen molar-refractivity contribution in [3.63, 3.8) is 0 Å². The molecule has 13 heteroatoms. The molecule has 0 bridgehead atoms. The van der Waals surface area contributed by atoms with Gasteiger partial charge in [0.15, 0.2) is 0 Å². The van der Waals surface area contributed by atoms with Gasteiger partial charge in [0.25, 0.3) is 11.8 Å². The van der Waals surface area contributed by atoms with Crippen molar-refractivity contribution in [1.82, 2.24) is 29.5 Å². The van der Waals surface area contributed by atoms with Gasteiger partial charge < -0.3 is 24.6 Å². The number of rotatable bonds is 10. The molecule has 0 aliphatic carbocycles. The highest BCUT2D eigenvalue weighted by atomic mass is 16.5. The van der Waals surface area contributed by atoms with Crippen molar-refractivity contribution in [3.05, 3.63) is 35.2 Å². The van der Waals surface area contributed by atoms with Crippen LogP contribution < -0.4 is 15.4 Å². The molecule has 1 aromatic carbocycles. The summed E-state index contributed by atoms with van der Waals surface area (Å²) in [6.07, 6.45) is 0.697. The van der Waals surface area contributed by atoms with Crippen molar-refractivity contribution < 1.29 is 24.2 Å². The van der Waals surface area contributed by atoms with Gasteiger partial charge in [0.1, 0.15) is 17.0 Å². The molecule has 192 valence electrons. The van der Waals surface area contributed by atoms with Crippen LogP contribution in [0.4, 0.5) is 10.7 Å². The highest BCUT2D eigenvalue weighted by Gasteiger charge is 2.21. The molecule has 0 spiro atoms. The molecule has 0 fully saturated rings. The van der Waals surface area contributed by atoms with Crippen LogP contribution in [0.3, 0.4) is 0 Å². The lowest BCUT2D eigenvalue weighted by atomic mass is 10.1. The van der Waals surface area contributed by atoms with Crippen LogP contribution in [0, 0.1) is 6.92 Å². The summed E-state index contributed by atoms with van der Waals surface area (Å²) >= 11 is 0. The van der Waals surface area contributed by atoms with Crippen molar-refractivity contribution >= 4 is 41.2 Å².